The third-order valence-electron chi connectivity index (χ3n) is 5.05. The van der Waals surface area contributed by atoms with Gasteiger partial charge in [0.05, 0.1) is 17.1 Å². The van der Waals surface area contributed by atoms with Gasteiger partial charge < -0.3 is 9.64 Å². The summed E-state index contributed by atoms with van der Waals surface area (Å²) in [6, 6.07) is 5.08. The number of carbonyl (C=O) groups is 1. The quantitative estimate of drug-likeness (QED) is 0.804. The molecule has 1 aromatic rings. The minimum Gasteiger partial charge on any atom is -0.373 e. The molecule has 7 heteroatoms. The largest absolute Gasteiger partial charge is 0.373 e. The van der Waals surface area contributed by atoms with Crippen LogP contribution in [-0.2, 0) is 25.0 Å². The van der Waals surface area contributed by atoms with Gasteiger partial charge in [0, 0.05) is 37.7 Å². The maximum atomic E-state index is 13.1. The Bertz CT molecular complexity index is 793. The van der Waals surface area contributed by atoms with Crippen LogP contribution >= 0.6 is 0 Å². The summed E-state index contributed by atoms with van der Waals surface area (Å²) in [6.07, 6.45) is 0.110. The molecule has 0 spiro atoms. The summed E-state index contributed by atoms with van der Waals surface area (Å²) in [5.74, 6) is 0.0453. The molecule has 6 nitrogen and oxygen atoms in total. The second-order valence-electron chi connectivity index (χ2n) is 7.77. The Kier molecular flexibility index (Phi) is 4.46. The number of carbonyl (C=O) groups excluding carboxylic acids is 1. The number of fused-ring (bicyclic) bond motifs is 1. The Labute approximate surface area is 149 Å². The Morgan fingerprint density at radius 2 is 1.76 bits per heavy atom. The number of hydrogen-bond donors (Lipinski definition) is 0. The fourth-order valence-corrected chi connectivity index (χ4v) is 5.33. The van der Waals surface area contributed by atoms with E-state index >= 15 is 0 Å². The molecule has 2 aliphatic rings. The lowest BCUT2D eigenvalue weighted by molar-refractivity contribution is -0.119. The van der Waals surface area contributed by atoms with Gasteiger partial charge in [0.25, 0.3) is 0 Å². The van der Waals surface area contributed by atoms with E-state index in [1.807, 2.05) is 27.7 Å². The van der Waals surface area contributed by atoms with Gasteiger partial charge in [-0.15, -0.1) is 0 Å². The van der Waals surface area contributed by atoms with E-state index in [9.17, 15) is 13.2 Å². The average Bonchev–Trinajstić information content (AvgIpc) is 2.51. The van der Waals surface area contributed by atoms with Crippen molar-refractivity contribution in [3.05, 3.63) is 23.8 Å². The molecule has 1 amide bonds. The first-order chi connectivity index (χ1) is 11.5. The number of sulfonamides is 1. The van der Waals surface area contributed by atoms with Gasteiger partial charge in [0.15, 0.2) is 0 Å². The van der Waals surface area contributed by atoms with Crippen LogP contribution in [0.3, 0.4) is 0 Å². The SMILES string of the molecule is CC1CN(S(=O)(=O)c2ccc3c(c2)C(C)(C)CC(=O)N3C)CC(C)O1. The summed E-state index contributed by atoms with van der Waals surface area (Å²) in [6.45, 7) is 8.43. The Morgan fingerprint density at radius 3 is 2.36 bits per heavy atom. The summed E-state index contributed by atoms with van der Waals surface area (Å²) in [5.41, 5.74) is 1.28. The Morgan fingerprint density at radius 1 is 1.16 bits per heavy atom. The van der Waals surface area contributed by atoms with Crippen molar-refractivity contribution < 1.29 is 17.9 Å². The molecular weight excluding hydrogens is 340 g/mol. The molecule has 0 radical (unpaired) electrons. The first kappa shape index (κ1) is 18.4. The highest BCUT2D eigenvalue weighted by Crippen LogP contribution is 2.41. The number of ether oxygens (including phenoxy) is 1. The highest BCUT2D eigenvalue weighted by atomic mass is 32.2. The first-order valence-corrected chi connectivity index (χ1v) is 10.0. The van der Waals surface area contributed by atoms with Gasteiger partial charge in [-0.25, -0.2) is 8.42 Å². The second-order valence-corrected chi connectivity index (χ2v) is 9.71. The van der Waals surface area contributed by atoms with Crippen LogP contribution in [-0.4, -0.2) is 51.0 Å². The maximum Gasteiger partial charge on any atom is 0.243 e. The number of anilines is 1. The van der Waals surface area contributed by atoms with Crippen molar-refractivity contribution in [3.8, 4) is 0 Å². The molecule has 138 valence electrons. The van der Waals surface area contributed by atoms with E-state index in [0.717, 1.165) is 11.3 Å². The number of morpholine rings is 1. The predicted molar refractivity (Wildman–Crippen MR) is 96.3 cm³/mol. The van der Waals surface area contributed by atoms with Crippen molar-refractivity contribution in [1.29, 1.82) is 0 Å². The predicted octanol–water partition coefficient (Wildman–Crippen LogP) is 2.13. The molecule has 0 aromatic heterocycles. The minimum absolute atomic E-state index is 0.0453. The van der Waals surface area contributed by atoms with E-state index in [4.69, 9.17) is 4.74 Å². The lowest BCUT2D eigenvalue weighted by atomic mass is 9.77. The minimum atomic E-state index is -3.59. The number of benzene rings is 1. The molecular formula is C18H26N2O4S. The lowest BCUT2D eigenvalue weighted by Crippen LogP contribution is -2.48. The van der Waals surface area contributed by atoms with Crippen LogP contribution in [0.5, 0.6) is 0 Å². The summed E-state index contributed by atoms with van der Waals surface area (Å²) in [7, 11) is -1.86. The normalized spacial score (nSPS) is 27.2. The smallest absolute Gasteiger partial charge is 0.243 e. The zero-order valence-electron chi connectivity index (χ0n) is 15.4. The molecule has 2 unspecified atom stereocenters. The van der Waals surface area contributed by atoms with Crippen LogP contribution in [0.25, 0.3) is 0 Å². The third-order valence-corrected chi connectivity index (χ3v) is 6.88. The van der Waals surface area contributed by atoms with Gasteiger partial charge in [-0.05, 0) is 37.6 Å². The molecule has 0 saturated carbocycles. The molecule has 0 bridgehead atoms. The maximum absolute atomic E-state index is 13.1. The number of hydrogen-bond acceptors (Lipinski definition) is 4. The fraction of sp³-hybridized carbons (Fsp3) is 0.611. The number of nitrogens with zero attached hydrogens (tertiary/aromatic N) is 2. The van der Waals surface area contributed by atoms with Crippen molar-refractivity contribution in [1.82, 2.24) is 4.31 Å². The molecule has 1 saturated heterocycles. The van der Waals surface area contributed by atoms with Crippen LogP contribution < -0.4 is 4.90 Å². The molecule has 25 heavy (non-hydrogen) atoms. The van der Waals surface area contributed by atoms with Crippen molar-refractivity contribution >= 4 is 21.6 Å². The van der Waals surface area contributed by atoms with E-state index in [2.05, 4.69) is 0 Å². The van der Waals surface area contributed by atoms with Crippen LogP contribution in [0.15, 0.2) is 23.1 Å². The summed E-state index contributed by atoms with van der Waals surface area (Å²) in [5, 5.41) is 0. The zero-order chi connectivity index (χ0) is 18.6. The highest BCUT2D eigenvalue weighted by Gasteiger charge is 2.38. The van der Waals surface area contributed by atoms with E-state index < -0.39 is 15.4 Å². The van der Waals surface area contributed by atoms with Crippen LogP contribution in [0.1, 0.15) is 39.7 Å². The molecule has 2 heterocycles. The van der Waals surface area contributed by atoms with E-state index in [0.29, 0.717) is 19.5 Å². The lowest BCUT2D eigenvalue weighted by Gasteiger charge is -2.38. The van der Waals surface area contributed by atoms with Gasteiger partial charge >= 0.3 is 0 Å². The number of amides is 1. The third kappa shape index (κ3) is 3.20. The van der Waals surface area contributed by atoms with Crippen molar-refractivity contribution in [2.45, 2.75) is 56.6 Å². The molecule has 2 atom stereocenters. The summed E-state index contributed by atoms with van der Waals surface area (Å²) >= 11 is 0. The molecule has 2 aliphatic heterocycles. The molecule has 1 aromatic carbocycles. The highest BCUT2D eigenvalue weighted by molar-refractivity contribution is 7.89. The molecule has 0 N–H and O–H groups in total. The van der Waals surface area contributed by atoms with Crippen molar-refractivity contribution in [2.75, 3.05) is 25.0 Å². The first-order valence-electron chi connectivity index (χ1n) is 8.59. The summed E-state index contributed by atoms with van der Waals surface area (Å²) in [4.78, 5) is 14.0. The topological polar surface area (TPSA) is 66.9 Å². The van der Waals surface area contributed by atoms with Crippen LogP contribution in [0.4, 0.5) is 5.69 Å². The fourth-order valence-electron chi connectivity index (χ4n) is 3.71. The zero-order valence-corrected chi connectivity index (χ0v) is 16.3. The van der Waals surface area contributed by atoms with Crippen LogP contribution in [0.2, 0.25) is 0 Å². The molecule has 0 aliphatic carbocycles. The van der Waals surface area contributed by atoms with Crippen LogP contribution in [0, 0.1) is 0 Å². The van der Waals surface area contributed by atoms with E-state index in [1.54, 1.807) is 30.1 Å². The monoisotopic (exact) mass is 366 g/mol. The Hall–Kier alpha value is -1.44. The summed E-state index contributed by atoms with van der Waals surface area (Å²) < 4.78 is 33.4. The Balaban J connectivity index is 2.03. The van der Waals surface area contributed by atoms with Gasteiger partial charge in [-0.2, -0.15) is 4.31 Å². The average molecular weight is 366 g/mol. The van der Waals surface area contributed by atoms with Gasteiger partial charge in [0.1, 0.15) is 0 Å². The van der Waals surface area contributed by atoms with E-state index in [-0.39, 0.29) is 23.0 Å². The second kappa shape index (κ2) is 6.07. The molecule has 1 fully saturated rings. The van der Waals surface area contributed by atoms with Gasteiger partial charge in [0.2, 0.25) is 15.9 Å². The van der Waals surface area contributed by atoms with Crippen molar-refractivity contribution in [2.24, 2.45) is 0 Å². The van der Waals surface area contributed by atoms with Gasteiger partial charge in [-0.3, -0.25) is 4.79 Å². The molecule has 3 rings (SSSR count). The number of rotatable bonds is 2. The van der Waals surface area contributed by atoms with E-state index in [1.165, 1.54) is 4.31 Å². The van der Waals surface area contributed by atoms with Crippen molar-refractivity contribution in [3.63, 3.8) is 0 Å². The standard InChI is InChI=1S/C18H26N2O4S/c1-12-10-20(11-13(2)24-12)25(22,23)14-6-7-16-15(8-14)18(3,4)9-17(21)19(16)5/h6-8,12-13H,9-11H2,1-5H3. The van der Waals surface area contributed by atoms with Gasteiger partial charge in [-0.1, -0.05) is 13.8 Å².